The van der Waals surface area contributed by atoms with Gasteiger partial charge in [-0.05, 0) is 51.8 Å². The Morgan fingerprint density at radius 3 is 2.45 bits per heavy atom. The fourth-order valence-corrected chi connectivity index (χ4v) is 2.98. The molecule has 2 heterocycles. The Bertz CT molecular complexity index is 1000. The molecule has 0 N–H and O–H groups in total. The number of benzene rings is 1. The molecule has 1 aliphatic heterocycles. The van der Waals surface area contributed by atoms with Crippen LogP contribution in [0.3, 0.4) is 0 Å². The lowest BCUT2D eigenvalue weighted by Gasteiger charge is -2.21. The molecule has 1 amide bonds. The highest BCUT2D eigenvalue weighted by atomic mass is 19.2. The molecule has 0 bridgehead atoms. The highest BCUT2D eigenvalue weighted by Crippen LogP contribution is 2.18. The first kappa shape index (κ1) is 20.6. The van der Waals surface area contributed by atoms with Gasteiger partial charge in [-0.15, -0.1) is 0 Å². The van der Waals surface area contributed by atoms with Gasteiger partial charge in [0.25, 0.3) is 5.91 Å². The molecule has 3 rings (SSSR count). The quantitative estimate of drug-likeness (QED) is 0.675. The third-order valence-corrected chi connectivity index (χ3v) is 4.32. The van der Waals surface area contributed by atoms with Crippen LogP contribution in [0.25, 0.3) is 0 Å². The van der Waals surface area contributed by atoms with Crippen molar-refractivity contribution in [3.05, 3.63) is 58.9 Å². The molecule has 0 radical (unpaired) electrons. The molecule has 0 saturated carbocycles. The van der Waals surface area contributed by atoms with E-state index in [1.807, 2.05) is 0 Å². The Balaban J connectivity index is 1.98. The summed E-state index contributed by atoms with van der Waals surface area (Å²) < 4.78 is 33.7. The van der Waals surface area contributed by atoms with Gasteiger partial charge in [-0.2, -0.15) is 0 Å². The molecule has 1 fully saturated rings. The van der Waals surface area contributed by atoms with Crippen molar-refractivity contribution in [3.8, 4) is 11.8 Å². The molecular formula is C22H22F2N2O3. The zero-order chi connectivity index (χ0) is 21.2. The molecule has 152 valence electrons. The summed E-state index contributed by atoms with van der Waals surface area (Å²) in [6, 6.07) is 5.18. The second-order valence-corrected chi connectivity index (χ2v) is 7.82. The van der Waals surface area contributed by atoms with Gasteiger partial charge >= 0.3 is 6.09 Å². The monoisotopic (exact) mass is 400 g/mol. The largest absolute Gasteiger partial charge is 0.443 e. The smallest absolute Gasteiger partial charge is 0.419 e. The van der Waals surface area contributed by atoms with Gasteiger partial charge in [-0.3, -0.25) is 4.79 Å². The average molecular weight is 400 g/mol. The predicted molar refractivity (Wildman–Crippen MR) is 104 cm³/mol. The number of hydrogen-bond donors (Lipinski definition) is 0. The number of ether oxygens (including phenoxy) is 1. The van der Waals surface area contributed by atoms with E-state index in [9.17, 15) is 18.4 Å². The maximum atomic E-state index is 13.8. The minimum absolute atomic E-state index is 0.109. The van der Waals surface area contributed by atoms with Crippen molar-refractivity contribution < 1.29 is 23.1 Å². The number of hydrogen-bond acceptors (Lipinski definition) is 3. The Morgan fingerprint density at radius 1 is 1.10 bits per heavy atom. The second-order valence-electron chi connectivity index (χ2n) is 7.82. The third-order valence-electron chi connectivity index (χ3n) is 4.32. The van der Waals surface area contributed by atoms with Crippen molar-refractivity contribution in [2.45, 2.75) is 39.2 Å². The molecule has 1 aliphatic rings. The maximum absolute atomic E-state index is 13.8. The number of amides is 1. The van der Waals surface area contributed by atoms with Gasteiger partial charge in [0.2, 0.25) is 0 Å². The normalized spacial score (nSPS) is 13.8. The summed E-state index contributed by atoms with van der Waals surface area (Å²) in [5.41, 5.74) is -0.402. The highest BCUT2D eigenvalue weighted by Gasteiger charge is 2.27. The van der Waals surface area contributed by atoms with Gasteiger partial charge in [0, 0.05) is 24.8 Å². The number of nitrogens with zero attached hydrogens (tertiary/aromatic N) is 2. The van der Waals surface area contributed by atoms with Crippen LogP contribution in [-0.2, 0) is 4.74 Å². The highest BCUT2D eigenvalue weighted by molar-refractivity contribution is 5.96. The lowest BCUT2D eigenvalue weighted by molar-refractivity contribution is 0.0518. The predicted octanol–water partition coefficient (Wildman–Crippen LogP) is 4.19. The van der Waals surface area contributed by atoms with Gasteiger partial charge in [0.15, 0.2) is 11.6 Å². The van der Waals surface area contributed by atoms with Crippen LogP contribution in [0.2, 0.25) is 0 Å². The third kappa shape index (κ3) is 4.83. The summed E-state index contributed by atoms with van der Waals surface area (Å²) in [5, 5.41) is 0. The van der Waals surface area contributed by atoms with Crippen LogP contribution in [0.4, 0.5) is 13.6 Å². The summed E-state index contributed by atoms with van der Waals surface area (Å²) in [7, 11) is 0. The van der Waals surface area contributed by atoms with Gasteiger partial charge < -0.3 is 9.64 Å². The fraction of sp³-hybridized carbons (Fsp3) is 0.364. The first-order valence-electron chi connectivity index (χ1n) is 9.37. The summed E-state index contributed by atoms with van der Waals surface area (Å²) >= 11 is 0. The van der Waals surface area contributed by atoms with E-state index in [2.05, 4.69) is 11.8 Å². The summed E-state index contributed by atoms with van der Waals surface area (Å²) in [6.07, 6.45) is 2.49. The minimum atomic E-state index is -1.04. The van der Waals surface area contributed by atoms with E-state index in [1.165, 1.54) is 24.4 Å². The van der Waals surface area contributed by atoms with Gasteiger partial charge in [0.1, 0.15) is 11.3 Å². The summed E-state index contributed by atoms with van der Waals surface area (Å²) in [5.74, 6) is 2.92. The van der Waals surface area contributed by atoms with Crippen molar-refractivity contribution >= 4 is 12.0 Å². The topological polar surface area (TPSA) is 51.5 Å². The zero-order valence-corrected chi connectivity index (χ0v) is 16.6. The molecule has 5 nitrogen and oxygen atoms in total. The Labute approximate surface area is 168 Å². The standard InChI is InChI=1S/C22H22F2N2O3/c1-22(2,3)29-21(28)26-14-15(9-10-16-7-6-8-17(23)19(16)24)13-18(26)20(27)25-11-4-5-12-25/h6-8,13-14H,4-5,11-12H2,1-3H3. The molecular weight excluding hydrogens is 378 g/mol. The Morgan fingerprint density at radius 2 is 1.79 bits per heavy atom. The lowest BCUT2D eigenvalue weighted by atomic mass is 10.2. The lowest BCUT2D eigenvalue weighted by Crippen LogP contribution is -2.33. The molecule has 2 aromatic rings. The molecule has 0 aliphatic carbocycles. The van der Waals surface area contributed by atoms with Gasteiger partial charge in [-0.1, -0.05) is 17.9 Å². The van der Waals surface area contributed by atoms with Crippen LogP contribution < -0.4 is 0 Å². The number of halogens is 2. The number of aromatic nitrogens is 1. The van der Waals surface area contributed by atoms with Crippen molar-refractivity contribution in [1.29, 1.82) is 0 Å². The maximum Gasteiger partial charge on any atom is 0.419 e. The van der Waals surface area contributed by atoms with Crippen LogP contribution in [0.15, 0.2) is 30.5 Å². The van der Waals surface area contributed by atoms with Gasteiger partial charge in [0.05, 0.1) is 5.56 Å². The van der Waals surface area contributed by atoms with E-state index < -0.39 is 23.3 Å². The first-order valence-corrected chi connectivity index (χ1v) is 9.37. The molecule has 7 heteroatoms. The molecule has 1 aromatic carbocycles. The summed E-state index contributed by atoms with van der Waals surface area (Å²) in [4.78, 5) is 27.1. The van der Waals surface area contributed by atoms with Crippen molar-refractivity contribution in [3.63, 3.8) is 0 Å². The fourth-order valence-electron chi connectivity index (χ4n) is 2.98. The number of carbonyl (C=O) groups is 2. The average Bonchev–Trinajstić information content (AvgIpc) is 3.31. The van der Waals surface area contributed by atoms with Crippen LogP contribution in [-0.4, -0.2) is 40.2 Å². The van der Waals surface area contributed by atoms with Crippen LogP contribution in [0.1, 0.15) is 55.2 Å². The van der Waals surface area contributed by atoms with E-state index in [-0.39, 0.29) is 17.2 Å². The minimum Gasteiger partial charge on any atom is -0.443 e. The van der Waals surface area contributed by atoms with E-state index in [0.717, 1.165) is 23.5 Å². The number of rotatable bonds is 1. The zero-order valence-electron chi connectivity index (χ0n) is 16.6. The SMILES string of the molecule is CC(C)(C)OC(=O)n1cc(C#Cc2cccc(F)c2F)cc1C(=O)N1CCCC1. The van der Waals surface area contributed by atoms with Crippen LogP contribution >= 0.6 is 0 Å². The molecule has 0 spiro atoms. The molecule has 0 unspecified atom stereocenters. The molecule has 1 saturated heterocycles. The molecule has 0 atom stereocenters. The Kier molecular flexibility index (Phi) is 5.73. The van der Waals surface area contributed by atoms with Crippen LogP contribution in [0, 0.1) is 23.5 Å². The van der Waals surface area contributed by atoms with Crippen LogP contribution in [0.5, 0.6) is 0 Å². The summed E-state index contributed by atoms with van der Waals surface area (Å²) in [6.45, 7) is 6.42. The first-order chi connectivity index (χ1) is 13.7. The van der Waals surface area contributed by atoms with E-state index in [1.54, 1.807) is 25.7 Å². The second kappa shape index (κ2) is 8.08. The van der Waals surface area contributed by atoms with Crippen molar-refractivity contribution in [2.75, 3.05) is 13.1 Å². The molecule has 1 aromatic heterocycles. The van der Waals surface area contributed by atoms with E-state index in [0.29, 0.717) is 18.7 Å². The van der Waals surface area contributed by atoms with Crippen molar-refractivity contribution in [1.82, 2.24) is 9.47 Å². The number of likely N-dealkylation sites (tertiary alicyclic amines) is 1. The molecule has 29 heavy (non-hydrogen) atoms. The Hall–Kier alpha value is -3.14. The van der Waals surface area contributed by atoms with Gasteiger partial charge in [-0.25, -0.2) is 18.1 Å². The van der Waals surface area contributed by atoms with Crippen molar-refractivity contribution in [2.24, 2.45) is 0 Å². The van der Waals surface area contributed by atoms with E-state index >= 15 is 0 Å². The van der Waals surface area contributed by atoms with E-state index in [4.69, 9.17) is 4.74 Å². The number of carbonyl (C=O) groups excluding carboxylic acids is 2.